The molecule has 0 saturated carbocycles. The highest BCUT2D eigenvalue weighted by atomic mass is 32.1. The predicted molar refractivity (Wildman–Crippen MR) is 80.3 cm³/mol. The lowest BCUT2D eigenvalue weighted by Crippen LogP contribution is -2.28. The van der Waals surface area contributed by atoms with Crippen LogP contribution in [0.15, 0.2) is 40.0 Å². The van der Waals surface area contributed by atoms with E-state index < -0.39 is 0 Å². The van der Waals surface area contributed by atoms with E-state index in [1.54, 1.807) is 36.8 Å². The first-order chi connectivity index (χ1) is 10.2. The number of hydrogen-bond donors (Lipinski definition) is 1. The van der Waals surface area contributed by atoms with E-state index in [1.807, 2.05) is 5.38 Å². The first kappa shape index (κ1) is 13.4. The van der Waals surface area contributed by atoms with Crippen molar-refractivity contribution < 1.29 is 4.79 Å². The maximum atomic E-state index is 12.5. The number of benzene rings is 1. The molecule has 0 aliphatic carbocycles. The van der Waals surface area contributed by atoms with E-state index in [1.165, 1.54) is 16.2 Å². The van der Waals surface area contributed by atoms with Gasteiger partial charge in [-0.1, -0.05) is 18.2 Å². The highest BCUT2D eigenvalue weighted by Crippen LogP contribution is 2.15. The van der Waals surface area contributed by atoms with Crippen molar-refractivity contribution in [2.45, 2.75) is 6.54 Å². The number of aromatic amines is 1. The van der Waals surface area contributed by atoms with Gasteiger partial charge in [0.15, 0.2) is 5.69 Å². The second-order valence-corrected chi connectivity index (χ2v) is 5.31. The molecule has 21 heavy (non-hydrogen) atoms. The van der Waals surface area contributed by atoms with E-state index in [-0.39, 0.29) is 17.2 Å². The molecule has 0 aliphatic heterocycles. The summed E-state index contributed by atoms with van der Waals surface area (Å²) >= 11 is 1.48. The molecule has 0 saturated heterocycles. The summed E-state index contributed by atoms with van der Waals surface area (Å²) in [5, 5.41) is 9.18. The molecule has 0 radical (unpaired) electrons. The minimum absolute atomic E-state index is 0.239. The molecule has 7 heteroatoms. The molecular weight excluding hydrogens is 288 g/mol. The van der Waals surface area contributed by atoms with E-state index in [0.717, 1.165) is 5.69 Å². The summed E-state index contributed by atoms with van der Waals surface area (Å²) in [6.07, 6.45) is 0. The summed E-state index contributed by atoms with van der Waals surface area (Å²) in [7, 11) is 1.68. The molecule has 0 atom stereocenters. The third-order valence-corrected chi connectivity index (χ3v) is 3.76. The number of aromatic nitrogens is 3. The van der Waals surface area contributed by atoms with E-state index in [2.05, 4.69) is 15.2 Å². The number of nitrogens with zero attached hydrogens (tertiary/aromatic N) is 3. The fraction of sp³-hybridized carbons (Fsp3) is 0.143. The Kier molecular flexibility index (Phi) is 3.49. The largest absolute Gasteiger partial charge is 0.334 e. The highest BCUT2D eigenvalue weighted by molar-refractivity contribution is 7.07. The molecule has 3 aromatic rings. The maximum absolute atomic E-state index is 12.5. The second-order valence-electron chi connectivity index (χ2n) is 4.59. The van der Waals surface area contributed by atoms with Gasteiger partial charge in [-0.15, -0.1) is 11.3 Å². The van der Waals surface area contributed by atoms with Crippen molar-refractivity contribution in [3.05, 3.63) is 56.9 Å². The summed E-state index contributed by atoms with van der Waals surface area (Å²) in [5.74, 6) is -0.254. The second kappa shape index (κ2) is 5.45. The molecule has 1 N–H and O–H groups in total. The van der Waals surface area contributed by atoms with Crippen molar-refractivity contribution in [3.8, 4) is 0 Å². The van der Waals surface area contributed by atoms with Crippen LogP contribution in [0.4, 0.5) is 0 Å². The maximum Gasteiger partial charge on any atom is 0.275 e. The lowest BCUT2D eigenvalue weighted by atomic mass is 10.1. The minimum atomic E-state index is -0.302. The summed E-state index contributed by atoms with van der Waals surface area (Å²) in [5.41, 5.74) is 2.48. The van der Waals surface area contributed by atoms with Crippen molar-refractivity contribution in [1.29, 1.82) is 0 Å². The normalized spacial score (nSPS) is 10.7. The summed E-state index contributed by atoms with van der Waals surface area (Å²) in [4.78, 5) is 29.9. The first-order valence-corrected chi connectivity index (χ1v) is 7.21. The number of amides is 1. The van der Waals surface area contributed by atoms with Crippen molar-refractivity contribution in [1.82, 2.24) is 20.1 Å². The van der Waals surface area contributed by atoms with Gasteiger partial charge in [-0.25, -0.2) is 10.1 Å². The average Bonchev–Trinajstić information content (AvgIpc) is 3.00. The number of nitrogens with one attached hydrogen (secondary N) is 1. The molecule has 6 nitrogen and oxygen atoms in total. The fourth-order valence-electron chi connectivity index (χ4n) is 2.09. The van der Waals surface area contributed by atoms with Gasteiger partial charge in [-0.05, 0) is 6.07 Å². The molecular formula is C14H12N4O2S. The van der Waals surface area contributed by atoms with E-state index in [9.17, 15) is 9.59 Å². The van der Waals surface area contributed by atoms with Crippen molar-refractivity contribution in [3.63, 3.8) is 0 Å². The van der Waals surface area contributed by atoms with Crippen LogP contribution in [-0.2, 0) is 6.54 Å². The smallest absolute Gasteiger partial charge is 0.275 e. The number of fused-ring (bicyclic) bond motifs is 1. The zero-order chi connectivity index (χ0) is 14.8. The van der Waals surface area contributed by atoms with E-state index in [0.29, 0.717) is 17.3 Å². The summed E-state index contributed by atoms with van der Waals surface area (Å²) < 4.78 is 0. The molecule has 3 rings (SSSR count). The Morgan fingerprint density at radius 1 is 1.33 bits per heavy atom. The Morgan fingerprint density at radius 2 is 2.10 bits per heavy atom. The van der Waals surface area contributed by atoms with Gasteiger partial charge in [0.2, 0.25) is 0 Å². The monoisotopic (exact) mass is 300 g/mol. The van der Waals surface area contributed by atoms with Gasteiger partial charge in [0.05, 0.1) is 23.1 Å². The van der Waals surface area contributed by atoms with Crippen LogP contribution >= 0.6 is 11.3 Å². The van der Waals surface area contributed by atoms with Gasteiger partial charge >= 0.3 is 0 Å². The number of thiazole rings is 1. The van der Waals surface area contributed by atoms with Gasteiger partial charge in [0.1, 0.15) is 0 Å². The Hall–Kier alpha value is -2.54. The number of rotatable bonds is 3. The zero-order valence-corrected chi connectivity index (χ0v) is 12.1. The SMILES string of the molecule is CN(Cc1cscn1)C(=O)c1n[nH]c(=O)c2ccccc12. The molecule has 1 aromatic carbocycles. The van der Waals surface area contributed by atoms with Gasteiger partial charge < -0.3 is 4.90 Å². The molecule has 0 spiro atoms. The standard InChI is InChI=1S/C14H12N4O2S/c1-18(6-9-7-21-8-15-9)14(20)12-10-4-2-3-5-11(10)13(19)17-16-12/h2-5,7-8H,6H2,1H3,(H,17,19). The van der Waals surface area contributed by atoms with Gasteiger partial charge in [-0.3, -0.25) is 9.59 Å². The van der Waals surface area contributed by atoms with Crippen molar-refractivity contribution in [2.75, 3.05) is 7.05 Å². The van der Waals surface area contributed by atoms with Gasteiger partial charge in [-0.2, -0.15) is 5.10 Å². The highest BCUT2D eigenvalue weighted by Gasteiger charge is 2.18. The molecule has 2 heterocycles. The van der Waals surface area contributed by atoms with Crippen LogP contribution in [0.25, 0.3) is 10.8 Å². The van der Waals surface area contributed by atoms with E-state index in [4.69, 9.17) is 0 Å². The van der Waals surface area contributed by atoms with Gasteiger partial charge in [0.25, 0.3) is 11.5 Å². The van der Waals surface area contributed by atoms with Crippen molar-refractivity contribution >= 4 is 28.0 Å². The van der Waals surface area contributed by atoms with Crippen LogP contribution < -0.4 is 5.56 Å². The summed E-state index contributed by atoms with van der Waals surface area (Å²) in [6.45, 7) is 0.400. The molecule has 0 fully saturated rings. The number of carbonyl (C=O) groups excluding carboxylic acids is 1. The van der Waals surface area contributed by atoms with Crippen LogP contribution in [0.2, 0.25) is 0 Å². The topological polar surface area (TPSA) is 79.0 Å². The fourth-order valence-corrected chi connectivity index (χ4v) is 2.64. The zero-order valence-electron chi connectivity index (χ0n) is 11.2. The van der Waals surface area contributed by atoms with Gasteiger partial charge in [0, 0.05) is 17.8 Å². The Labute approximate surface area is 124 Å². The molecule has 0 aliphatic rings. The van der Waals surface area contributed by atoms with Crippen LogP contribution in [0.1, 0.15) is 16.2 Å². The molecule has 1 amide bonds. The quantitative estimate of drug-likeness (QED) is 0.797. The molecule has 106 valence electrons. The Morgan fingerprint density at radius 3 is 2.81 bits per heavy atom. The number of H-pyrrole nitrogens is 1. The van der Waals surface area contributed by atoms with E-state index >= 15 is 0 Å². The predicted octanol–water partition coefficient (Wildman–Crippen LogP) is 1.65. The van der Waals surface area contributed by atoms with Crippen LogP contribution in [0.5, 0.6) is 0 Å². The first-order valence-electron chi connectivity index (χ1n) is 6.27. The summed E-state index contributed by atoms with van der Waals surface area (Å²) in [6, 6.07) is 6.93. The van der Waals surface area contributed by atoms with Crippen LogP contribution in [0, 0.1) is 0 Å². The lowest BCUT2D eigenvalue weighted by molar-refractivity contribution is 0.0779. The van der Waals surface area contributed by atoms with Crippen LogP contribution in [-0.4, -0.2) is 33.0 Å². The average molecular weight is 300 g/mol. The number of carbonyl (C=O) groups is 1. The minimum Gasteiger partial charge on any atom is -0.334 e. The molecule has 0 unspecified atom stereocenters. The lowest BCUT2D eigenvalue weighted by Gasteiger charge is -2.16. The number of hydrogen-bond acceptors (Lipinski definition) is 5. The third-order valence-electron chi connectivity index (χ3n) is 3.13. The van der Waals surface area contributed by atoms with Crippen molar-refractivity contribution in [2.24, 2.45) is 0 Å². The Bertz CT molecular complexity index is 842. The van der Waals surface area contributed by atoms with Crippen LogP contribution in [0.3, 0.4) is 0 Å². The molecule has 0 bridgehead atoms. The Balaban J connectivity index is 1.98. The molecule has 2 aromatic heterocycles. The third kappa shape index (κ3) is 2.55.